The molecular formula is C17H28N2O. The van der Waals surface area contributed by atoms with Gasteiger partial charge in [0.25, 0.3) is 0 Å². The van der Waals surface area contributed by atoms with Gasteiger partial charge < -0.3 is 15.0 Å². The van der Waals surface area contributed by atoms with Crippen molar-refractivity contribution in [3.63, 3.8) is 0 Å². The number of nitrogens with zero attached hydrogens (tertiary/aromatic N) is 1. The van der Waals surface area contributed by atoms with Crippen LogP contribution in [0.5, 0.6) is 5.75 Å². The van der Waals surface area contributed by atoms with Crippen molar-refractivity contribution in [2.75, 3.05) is 31.1 Å². The molecule has 3 nitrogen and oxygen atoms in total. The van der Waals surface area contributed by atoms with Crippen LogP contribution in [0.1, 0.15) is 38.7 Å². The van der Waals surface area contributed by atoms with Gasteiger partial charge in [-0.3, -0.25) is 0 Å². The molecule has 0 amide bonds. The van der Waals surface area contributed by atoms with Crippen LogP contribution in [0, 0.1) is 6.92 Å². The van der Waals surface area contributed by atoms with E-state index < -0.39 is 0 Å². The van der Waals surface area contributed by atoms with Crippen molar-refractivity contribution >= 4 is 5.69 Å². The summed E-state index contributed by atoms with van der Waals surface area (Å²) < 4.78 is 6.08. The number of rotatable bonds is 5. The first-order chi connectivity index (χ1) is 9.74. The van der Waals surface area contributed by atoms with E-state index in [2.05, 4.69) is 49.2 Å². The SMILES string of the molecule is CCC(CC)Oc1ccc(N2CCCNCC2)cc1C. The standard InChI is InChI=1S/C17H28N2O/c1-4-16(5-2)20-17-8-7-15(13-14(17)3)19-11-6-9-18-10-12-19/h7-8,13,16,18H,4-6,9-12H2,1-3H3. The van der Waals surface area contributed by atoms with Gasteiger partial charge in [0.1, 0.15) is 5.75 Å². The van der Waals surface area contributed by atoms with E-state index in [9.17, 15) is 0 Å². The molecule has 0 radical (unpaired) electrons. The van der Waals surface area contributed by atoms with Crippen LogP contribution in [0.15, 0.2) is 18.2 Å². The van der Waals surface area contributed by atoms with E-state index >= 15 is 0 Å². The van der Waals surface area contributed by atoms with Crippen LogP contribution in [0.3, 0.4) is 0 Å². The van der Waals surface area contributed by atoms with Crippen LogP contribution in [0.4, 0.5) is 5.69 Å². The van der Waals surface area contributed by atoms with Gasteiger partial charge in [0.15, 0.2) is 0 Å². The highest BCUT2D eigenvalue weighted by Gasteiger charge is 2.12. The third kappa shape index (κ3) is 3.89. The van der Waals surface area contributed by atoms with E-state index in [1.807, 2.05) is 0 Å². The lowest BCUT2D eigenvalue weighted by Gasteiger charge is -2.24. The molecule has 0 unspecified atom stereocenters. The third-order valence-electron chi connectivity index (χ3n) is 4.07. The van der Waals surface area contributed by atoms with Gasteiger partial charge in [-0.1, -0.05) is 13.8 Å². The summed E-state index contributed by atoms with van der Waals surface area (Å²) >= 11 is 0. The zero-order valence-corrected chi connectivity index (χ0v) is 13.1. The Balaban J connectivity index is 2.08. The summed E-state index contributed by atoms with van der Waals surface area (Å²) in [5.74, 6) is 1.04. The number of nitrogens with one attached hydrogen (secondary N) is 1. The van der Waals surface area contributed by atoms with Crippen molar-refractivity contribution in [2.24, 2.45) is 0 Å². The summed E-state index contributed by atoms with van der Waals surface area (Å²) in [5.41, 5.74) is 2.56. The molecule has 0 aliphatic carbocycles. The fraction of sp³-hybridized carbons (Fsp3) is 0.647. The monoisotopic (exact) mass is 276 g/mol. The molecule has 0 aromatic heterocycles. The van der Waals surface area contributed by atoms with Crippen molar-refractivity contribution in [3.05, 3.63) is 23.8 Å². The van der Waals surface area contributed by atoms with Gasteiger partial charge in [0.2, 0.25) is 0 Å². The molecule has 1 aromatic carbocycles. The van der Waals surface area contributed by atoms with E-state index in [-0.39, 0.29) is 0 Å². The van der Waals surface area contributed by atoms with Crippen LogP contribution in [-0.4, -0.2) is 32.3 Å². The van der Waals surface area contributed by atoms with Crippen LogP contribution in [0.2, 0.25) is 0 Å². The van der Waals surface area contributed by atoms with Crippen LogP contribution in [-0.2, 0) is 0 Å². The molecule has 1 heterocycles. The lowest BCUT2D eigenvalue weighted by Crippen LogP contribution is -2.27. The fourth-order valence-electron chi connectivity index (χ4n) is 2.70. The first-order valence-corrected chi connectivity index (χ1v) is 7.97. The second-order valence-electron chi connectivity index (χ2n) is 5.60. The number of hydrogen-bond acceptors (Lipinski definition) is 3. The Morgan fingerprint density at radius 1 is 1.20 bits per heavy atom. The number of ether oxygens (including phenoxy) is 1. The lowest BCUT2D eigenvalue weighted by molar-refractivity contribution is 0.191. The Morgan fingerprint density at radius 3 is 2.70 bits per heavy atom. The molecule has 1 aliphatic heterocycles. The van der Waals surface area contributed by atoms with Crippen LogP contribution >= 0.6 is 0 Å². The molecule has 2 rings (SSSR count). The van der Waals surface area contributed by atoms with Gasteiger partial charge >= 0.3 is 0 Å². The Hall–Kier alpha value is -1.22. The van der Waals surface area contributed by atoms with Crippen LogP contribution in [0.25, 0.3) is 0 Å². The molecule has 1 fully saturated rings. The second kappa shape index (κ2) is 7.53. The Kier molecular flexibility index (Phi) is 5.72. The summed E-state index contributed by atoms with van der Waals surface area (Å²) in [6.07, 6.45) is 3.68. The number of benzene rings is 1. The Labute approximate surface area is 123 Å². The molecule has 20 heavy (non-hydrogen) atoms. The third-order valence-corrected chi connectivity index (χ3v) is 4.07. The molecule has 0 saturated carbocycles. The smallest absolute Gasteiger partial charge is 0.122 e. The lowest BCUT2D eigenvalue weighted by atomic mass is 10.1. The molecule has 1 N–H and O–H groups in total. The topological polar surface area (TPSA) is 24.5 Å². The summed E-state index contributed by atoms with van der Waals surface area (Å²) in [5, 5.41) is 3.45. The van der Waals surface area contributed by atoms with Gasteiger partial charge in [-0.15, -0.1) is 0 Å². The van der Waals surface area contributed by atoms with E-state index in [1.54, 1.807) is 0 Å². The van der Waals surface area contributed by atoms with Crippen molar-refractivity contribution in [2.45, 2.75) is 46.1 Å². The highest BCUT2D eigenvalue weighted by molar-refractivity contribution is 5.53. The minimum Gasteiger partial charge on any atom is -0.490 e. The van der Waals surface area contributed by atoms with Gasteiger partial charge in [-0.2, -0.15) is 0 Å². The first-order valence-electron chi connectivity index (χ1n) is 7.97. The van der Waals surface area contributed by atoms with E-state index in [1.165, 1.54) is 17.7 Å². The predicted molar refractivity (Wildman–Crippen MR) is 85.9 cm³/mol. The summed E-state index contributed by atoms with van der Waals surface area (Å²) in [6, 6.07) is 6.61. The normalized spacial score (nSPS) is 16.3. The number of hydrogen-bond donors (Lipinski definition) is 1. The highest BCUT2D eigenvalue weighted by Crippen LogP contribution is 2.26. The van der Waals surface area contributed by atoms with Gasteiger partial charge in [-0.25, -0.2) is 0 Å². The maximum absolute atomic E-state index is 6.08. The zero-order chi connectivity index (χ0) is 14.4. The summed E-state index contributed by atoms with van der Waals surface area (Å²) in [6.45, 7) is 10.9. The maximum atomic E-state index is 6.08. The van der Waals surface area contributed by atoms with Crippen molar-refractivity contribution in [3.8, 4) is 5.75 Å². The largest absolute Gasteiger partial charge is 0.490 e. The van der Waals surface area contributed by atoms with Crippen LogP contribution < -0.4 is 15.0 Å². The molecular weight excluding hydrogens is 248 g/mol. The minimum atomic E-state index is 0.335. The van der Waals surface area contributed by atoms with Crippen molar-refractivity contribution in [1.82, 2.24) is 5.32 Å². The average molecular weight is 276 g/mol. The minimum absolute atomic E-state index is 0.335. The molecule has 0 spiro atoms. The number of aryl methyl sites for hydroxylation is 1. The van der Waals surface area contributed by atoms with Gasteiger partial charge in [-0.05, 0) is 56.5 Å². The Bertz CT molecular complexity index is 407. The molecule has 112 valence electrons. The first kappa shape index (κ1) is 15.2. The van der Waals surface area contributed by atoms with Gasteiger partial charge in [0.05, 0.1) is 6.10 Å². The molecule has 0 bridgehead atoms. The van der Waals surface area contributed by atoms with E-state index in [4.69, 9.17) is 4.74 Å². The molecule has 3 heteroatoms. The number of anilines is 1. The fourth-order valence-corrected chi connectivity index (χ4v) is 2.70. The molecule has 0 atom stereocenters. The molecule has 1 saturated heterocycles. The van der Waals surface area contributed by atoms with E-state index in [0.29, 0.717) is 6.10 Å². The van der Waals surface area contributed by atoms with Crippen molar-refractivity contribution < 1.29 is 4.74 Å². The maximum Gasteiger partial charge on any atom is 0.122 e. The van der Waals surface area contributed by atoms with Crippen molar-refractivity contribution in [1.29, 1.82) is 0 Å². The highest BCUT2D eigenvalue weighted by atomic mass is 16.5. The molecule has 1 aliphatic rings. The summed E-state index contributed by atoms with van der Waals surface area (Å²) in [4.78, 5) is 2.47. The second-order valence-corrected chi connectivity index (χ2v) is 5.60. The predicted octanol–water partition coefficient (Wildman–Crippen LogP) is 3.36. The van der Waals surface area contributed by atoms with E-state index in [0.717, 1.165) is 44.8 Å². The zero-order valence-electron chi connectivity index (χ0n) is 13.1. The average Bonchev–Trinajstić information content (AvgIpc) is 2.75. The van der Waals surface area contributed by atoms with Gasteiger partial charge in [0, 0.05) is 25.3 Å². The quantitative estimate of drug-likeness (QED) is 0.892. The Morgan fingerprint density at radius 2 is 2.00 bits per heavy atom. The summed E-state index contributed by atoms with van der Waals surface area (Å²) in [7, 11) is 0. The molecule has 1 aromatic rings.